The second-order valence-corrected chi connectivity index (χ2v) is 5.93. The van der Waals surface area contributed by atoms with Gasteiger partial charge < -0.3 is 30.3 Å². The zero-order valence-electron chi connectivity index (χ0n) is 12.0. The Morgan fingerprint density at radius 1 is 1.30 bits per heavy atom. The van der Waals surface area contributed by atoms with E-state index < -0.39 is 35.8 Å². The van der Waals surface area contributed by atoms with Crippen LogP contribution in [0.4, 0.5) is 0 Å². The second kappa shape index (κ2) is 6.78. The van der Waals surface area contributed by atoms with E-state index in [1.807, 2.05) is 0 Å². The lowest BCUT2D eigenvalue weighted by molar-refractivity contribution is -0.875. The molecule has 0 aliphatic rings. The zero-order valence-corrected chi connectivity index (χ0v) is 12.0. The molecule has 0 spiro atoms. The molecule has 0 saturated carbocycles. The van der Waals surface area contributed by atoms with Gasteiger partial charge in [-0.1, -0.05) is 0 Å². The summed E-state index contributed by atoms with van der Waals surface area (Å²) in [7, 11) is 5.03. The van der Waals surface area contributed by atoms with E-state index >= 15 is 0 Å². The Labute approximate surface area is 117 Å². The maximum atomic E-state index is 12.1. The Bertz CT molecular complexity index is 390. The molecule has 0 aliphatic carbocycles. The molecule has 0 bridgehead atoms. The van der Waals surface area contributed by atoms with Gasteiger partial charge in [0.1, 0.15) is 6.54 Å². The highest BCUT2D eigenvalue weighted by atomic mass is 16.4. The molecule has 0 aromatic rings. The molecule has 0 rings (SSSR count). The number of nitrogens with zero attached hydrogens (tertiary/aromatic N) is 1. The summed E-state index contributed by atoms with van der Waals surface area (Å²) >= 11 is 0. The summed E-state index contributed by atoms with van der Waals surface area (Å²) in [6.45, 7) is -0.166. The van der Waals surface area contributed by atoms with Crippen molar-refractivity contribution in [3.8, 4) is 0 Å². The largest absolute Gasteiger partial charge is 0.550 e. The van der Waals surface area contributed by atoms with Crippen molar-refractivity contribution in [1.29, 1.82) is 0 Å². The van der Waals surface area contributed by atoms with Gasteiger partial charge in [0.15, 0.2) is 11.4 Å². The van der Waals surface area contributed by atoms with E-state index in [1.165, 1.54) is 0 Å². The molecule has 0 fully saturated rings. The van der Waals surface area contributed by atoms with Crippen molar-refractivity contribution in [1.82, 2.24) is 0 Å². The number of rotatable bonds is 9. The highest BCUT2D eigenvalue weighted by Gasteiger charge is 2.43. The average Bonchev–Trinajstić information content (AvgIpc) is 2.20. The van der Waals surface area contributed by atoms with Gasteiger partial charge in [-0.05, 0) is 6.42 Å². The number of carboxylic acid groups (broad SMARTS) is 2. The van der Waals surface area contributed by atoms with Crippen LogP contribution in [0.25, 0.3) is 0 Å². The Balaban J connectivity index is 5.06. The molecule has 8 heteroatoms. The number of aliphatic carboxylic acids is 2. The van der Waals surface area contributed by atoms with Crippen molar-refractivity contribution >= 4 is 17.7 Å². The van der Waals surface area contributed by atoms with Gasteiger partial charge >= 0.3 is 5.97 Å². The molecule has 0 radical (unpaired) electrons. The fraction of sp³-hybridized carbons (Fsp3) is 0.750. The lowest BCUT2D eigenvalue weighted by atomic mass is 9.87. The SMILES string of the molecule is C[N+](C)(C)CC(O)(CC(=O)[O-])C(=O)[C@@H](N)CCC(=O)O. The zero-order chi connectivity index (χ0) is 16.1. The molecule has 0 heterocycles. The smallest absolute Gasteiger partial charge is 0.303 e. The van der Waals surface area contributed by atoms with Crippen LogP contribution in [-0.4, -0.2) is 71.7 Å². The monoisotopic (exact) mass is 290 g/mol. The molecule has 0 aromatic heterocycles. The van der Waals surface area contributed by atoms with E-state index in [9.17, 15) is 24.6 Å². The summed E-state index contributed by atoms with van der Waals surface area (Å²) in [5, 5.41) is 29.6. The molecule has 116 valence electrons. The van der Waals surface area contributed by atoms with Gasteiger partial charge in [-0.3, -0.25) is 9.59 Å². The van der Waals surface area contributed by atoms with Crippen LogP contribution < -0.4 is 10.8 Å². The quantitative estimate of drug-likeness (QED) is 0.393. The molecule has 2 atom stereocenters. The van der Waals surface area contributed by atoms with Gasteiger partial charge in [-0.2, -0.15) is 0 Å². The minimum absolute atomic E-state index is 0.140. The number of aliphatic hydroxyl groups is 1. The first-order chi connectivity index (χ1) is 8.87. The van der Waals surface area contributed by atoms with Crippen molar-refractivity contribution in [2.75, 3.05) is 27.7 Å². The van der Waals surface area contributed by atoms with E-state index in [-0.39, 0.29) is 23.9 Å². The highest BCUT2D eigenvalue weighted by Crippen LogP contribution is 2.18. The van der Waals surface area contributed by atoms with Crippen molar-refractivity contribution in [3.63, 3.8) is 0 Å². The number of carboxylic acids is 2. The molecular weight excluding hydrogens is 268 g/mol. The van der Waals surface area contributed by atoms with Gasteiger partial charge in [-0.15, -0.1) is 0 Å². The highest BCUT2D eigenvalue weighted by molar-refractivity contribution is 5.94. The molecule has 0 amide bonds. The van der Waals surface area contributed by atoms with Gasteiger partial charge in [0.05, 0.1) is 27.2 Å². The third kappa shape index (κ3) is 6.60. The van der Waals surface area contributed by atoms with Crippen molar-refractivity contribution < 1.29 is 34.2 Å². The number of Topliss-reactive ketones (excluding diaryl/α,β-unsaturated/α-hetero) is 1. The lowest BCUT2D eigenvalue weighted by Crippen LogP contribution is -2.59. The number of hydrogen-bond donors (Lipinski definition) is 3. The van der Waals surface area contributed by atoms with Crippen molar-refractivity contribution in [3.05, 3.63) is 0 Å². The van der Waals surface area contributed by atoms with E-state index in [0.717, 1.165) is 0 Å². The fourth-order valence-corrected chi connectivity index (χ4v) is 2.00. The van der Waals surface area contributed by atoms with Crippen molar-refractivity contribution in [2.24, 2.45) is 5.73 Å². The standard InChI is InChI=1S/C12H22N2O6/c1-14(2,3)7-12(20,6-10(17)18)11(19)8(13)4-5-9(15)16/h8,20H,4-7,13H2,1-3H3,(H-,15,16,17,18)/t8-,12?/m0/s1. The van der Waals surface area contributed by atoms with Crippen LogP contribution in [0.3, 0.4) is 0 Å². The topological polar surface area (TPSA) is 141 Å². The molecule has 1 unspecified atom stereocenters. The first-order valence-electron chi connectivity index (χ1n) is 6.12. The van der Waals surface area contributed by atoms with E-state index in [0.29, 0.717) is 0 Å². The first-order valence-corrected chi connectivity index (χ1v) is 6.12. The third-order valence-corrected chi connectivity index (χ3v) is 2.64. The average molecular weight is 290 g/mol. The molecule has 0 aliphatic heterocycles. The van der Waals surface area contributed by atoms with Gasteiger partial charge in [0, 0.05) is 18.8 Å². The summed E-state index contributed by atoms with van der Waals surface area (Å²) in [5.74, 6) is -3.57. The molecule has 20 heavy (non-hydrogen) atoms. The number of ketones is 1. The van der Waals surface area contributed by atoms with E-state index in [4.69, 9.17) is 10.8 Å². The number of likely N-dealkylation sites (N-methyl/N-ethyl adjacent to an activating group) is 1. The van der Waals surface area contributed by atoms with E-state index in [2.05, 4.69) is 0 Å². The summed E-state index contributed by atoms with van der Waals surface area (Å²) < 4.78 is 0.140. The number of nitrogens with two attached hydrogens (primary N) is 1. The maximum absolute atomic E-state index is 12.1. The van der Waals surface area contributed by atoms with Crippen LogP contribution >= 0.6 is 0 Å². The van der Waals surface area contributed by atoms with Crippen LogP contribution in [0, 0.1) is 0 Å². The Kier molecular flexibility index (Phi) is 6.27. The predicted octanol–water partition coefficient (Wildman–Crippen LogP) is -2.68. The van der Waals surface area contributed by atoms with E-state index in [1.54, 1.807) is 21.1 Å². The van der Waals surface area contributed by atoms with Crippen LogP contribution in [0.15, 0.2) is 0 Å². The Morgan fingerprint density at radius 3 is 2.15 bits per heavy atom. The summed E-state index contributed by atoms with van der Waals surface area (Å²) in [6.07, 6.45) is -1.37. The number of carbonyl (C=O) groups is 3. The lowest BCUT2D eigenvalue weighted by Gasteiger charge is -2.36. The Hall–Kier alpha value is -1.51. The third-order valence-electron chi connectivity index (χ3n) is 2.64. The maximum Gasteiger partial charge on any atom is 0.303 e. The minimum Gasteiger partial charge on any atom is -0.550 e. The van der Waals surface area contributed by atoms with Crippen LogP contribution in [0.2, 0.25) is 0 Å². The van der Waals surface area contributed by atoms with Crippen molar-refractivity contribution in [2.45, 2.75) is 30.9 Å². The summed E-state index contributed by atoms with van der Waals surface area (Å²) in [4.78, 5) is 33.3. The minimum atomic E-state index is -2.17. The fourth-order valence-electron chi connectivity index (χ4n) is 2.00. The molecule has 0 saturated heterocycles. The molecule has 0 aromatic carbocycles. The van der Waals surface area contributed by atoms with Crippen LogP contribution in [0.1, 0.15) is 19.3 Å². The van der Waals surface area contributed by atoms with Crippen LogP contribution in [-0.2, 0) is 14.4 Å². The Morgan fingerprint density at radius 2 is 1.80 bits per heavy atom. The molecular formula is C12H22N2O6. The summed E-state index contributed by atoms with van der Waals surface area (Å²) in [5.41, 5.74) is 3.38. The number of quaternary nitrogens is 1. The normalized spacial score (nSPS) is 16.2. The second-order valence-electron chi connectivity index (χ2n) is 5.93. The summed E-state index contributed by atoms with van der Waals surface area (Å²) in [6, 6.07) is -1.23. The van der Waals surface area contributed by atoms with Gasteiger partial charge in [-0.25, -0.2) is 0 Å². The first kappa shape index (κ1) is 18.5. The van der Waals surface area contributed by atoms with Crippen LogP contribution in [0.5, 0.6) is 0 Å². The molecule has 8 nitrogen and oxygen atoms in total. The molecule has 4 N–H and O–H groups in total. The number of hydrogen-bond acceptors (Lipinski definition) is 6. The predicted molar refractivity (Wildman–Crippen MR) is 67.3 cm³/mol. The number of carbonyl (C=O) groups excluding carboxylic acids is 2. The van der Waals surface area contributed by atoms with Gasteiger partial charge in [0.2, 0.25) is 0 Å². The van der Waals surface area contributed by atoms with Gasteiger partial charge in [0.25, 0.3) is 0 Å².